The van der Waals surface area contributed by atoms with Crippen molar-refractivity contribution in [3.8, 4) is 0 Å². The highest BCUT2D eigenvalue weighted by Crippen LogP contribution is 2.28. The van der Waals surface area contributed by atoms with E-state index in [9.17, 15) is 4.79 Å². The van der Waals surface area contributed by atoms with E-state index in [-0.39, 0.29) is 11.9 Å². The quantitative estimate of drug-likeness (QED) is 0.519. The minimum atomic E-state index is -0.0892. The first kappa shape index (κ1) is 12.5. The molecule has 3 heteroatoms. The van der Waals surface area contributed by atoms with Gasteiger partial charge in [-0.05, 0) is 25.3 Å². The molecule has 1 saturated carbocycles. The Balaban J connectivity index is 2.03. The van der Waals surface area contributed by atoms with E-state index in [1.165, 1.54) is 32.8 Å². The van der Waals surface area contributed by atoms with Gasteiger partial charge in [-0.1, -0.05) is 26.2 Å². The first-order valence-corrected chi connectivity index (χ1v) is 6.06. The maximum absolute atomic E-state index is 11.3. The minimum Gasteiger partial charge on any atom is -0.469 e. The number of carbonyl (C=O) groups excluding carboxylic acids is 1. The summed E-state index contributed by atoms with van der Waals surface area (Å²) in [6.07, 6.45) is 6.32. The summed E-state index contributed by atoms with van der Waals surface area (Å²) in [4.78, 5) is 11.3. The number of hydrogen-bond donors (Lipinski definition) is 1. The van der Waals surface area contributed by atoms with E-state index in [4.69, 9.17) is 4.74 Å². The number of carbonyl (C=O) groups is 1. The van der Waals surface area contributed by atoms with Gasteiger partial charge in [-0.15, -0.1) is 0 Å². The fourth-order valence-corrected chi connectivity index (χ4v) is 1.92. The minimum absolute atomic E-state index is 0.0244. The standard InChI is InChI=1S/C12H23NO2/c1-3-11(12(14)15-2)9-13-8-7-10-5-4-6-10/h10-11,13H,3-9H2,1-2H3. The van der Waals surface area contributed by atoms with Gasteiger partial charge in [0, 0.05) is 6.54 Å². The van der Waals surface area contributed by atoms with Crippen molar-refractivity contribution >= 4 is 5.97 Å². The Bertz CT molecular complexity index is 190. The molecule has 1 unspecified atom stereocenters. The molecule has 1 N–H and O–H groups in total. The van der Waals surface area contributed by atoms with Crippen LogP contribution in [0.3, 0.4) is 0 Å². The molecular formula is C12H23NO2. The lowest BCUT2D eigenvalue weighted by Gasteiger charge is -2.25. The van der Waals surface area contributed by atoms with Gasteiger partial charge in [0.05, 0.1) is 13.0 Å². The summed E-state index contributed by atoms with van der Waals surface area (Å²) in [5.74, 6) is 0.876. The van der Waals surface area contributed by atoms with Gasteiger partial charge in [0.1, 0.15) is 0 Å². The summed E-state index contributed by atoms with van der Waals surface area (Å²) in [6, 6.07) is 0. The molecule has 0 heterocycles. The molecule has 3 nitrogen and oxygen atoms in total. The van der Waals surface area contributed by atoms with Crippen LogP contribution in [-0.4, -0.2) is 26.2 Å². The van der Waals surface area contributed by atoms with Crippen molar-refractivity contribution in [2.45, 2.75) is 39.0 Å². The lowest BCUT2D eigenvalue weighted by Crippen LogP contribution is -2.30. The Morgan fingerprint density at radius 1 is 1.53 bits per heavy atom. The second kappa shape index (κ2) is 6.83. The molecule has 0 bridgehead atoms. The molecule has 1 aliphatic rings. The van der Waals surface area contributed by atoms with E-state index in [0.29, 0.717) is 0 Å². The summed E-state index contributed by atoms with van der Waals surface area (Å²) in [6.45, 7) is 3.82. The van der Waals surface area contributed by atoms with Crippen LogP contribution in [0.4, 0.5) is 0 Å². The third kappa shape index (κ3) is 4.20. The van der Waals surface area contributed by atoms with Crippen molar-refractivity contribution in [2.24, 2.45) is 11.8 Å². The van der Waals surface area contributed by atoms with Gasteiger partial charge in [0.25, 0.3) is 0 Å². The predicted molar refractivity (Wildman–Crippen MR) is 60.6 cm³/mol. The van der Waals surface area contributed by atoms with Crippen LogP contribution >= 0.6 is 0 Å². The van der Waals surface area contributed by atoms with E-state index in [1.54, 1.807) is 0 Å². The number of rotatable bonds is 7. The lowest BCUT2D eigenvalue weighted by molar-refractivity contribution is -0.145. The van der Waals surface area contributed by atoms with Gasteiger partial charge in [0.15, 0.2) is 0 Å². The number of nitrogens with one attached hydrogen (secondary N) is 1. The van der Waals surface area contributed by atoms with Gasteiger partial charge in [-0.2, -0.15) is 0 Å². The smallest absolute Gasteiger partial charge is 0.309 e. The molecule has 88 valence electrons. The van der Waals surface area contributed by atoms with E-state index >= 15 is 0 Å². The van der Waals surface area contributed by atoms with Crippen molar-refractivity contribution in [1.82, 2.24) is 5.32 Å². The summed E-state index contributed by atoms with van der Waals surface area (Å²) in [5.41, 5.74) is 0. The molecule has 1 aliphatic carbocycles. The third-order valence-electron chi connectivity index (χ3n) is 3.37. The highest BCUT2D eigenvalue weighted by atomic mass is 16.5. The molecule has 0 aromatic heterocycles. The summed E-state index contributed by atoms with van der Waals surface area (Å²) in [5, 5.41) is 3.35. The molecule has 0 amide bonds. The summed E-state index contributed by atoms with van der Waals surface area (Å²) < 4.78 is 4.73. The largest absolute Gasteiger partial charge is 0.469 e. The molecule has 15 heavy (non-hydrogen) atoms. The fourth-order valence-electron chi connectivity index (χ4n) is 1.92. The van der Waals surface area contributed by atoms with Crippen molar-refractivity contribution in [2.75, 3.05) is 20.2 Å². The van der Waals surface area contributed by atoms with Crippen LogP contribution in [0.25, 0.3) is 0 Å². The Morgan fingerprint density at radius 3 is 2.73 bits per heavy atom. The van der Waals surface area contributed by atoms with E-state index in [2.05, 4.69) is 5.32 Å². The van der Waals surface area contributed by atoms with Crippen LogP contribution < -0.4 is 5.32 Å². The van der Waals surface area contributed by atoms with Crippen molar-refractivity contribution in [3.63, 3.8) is 0 Å². The topological polar surface area (TPSA) is 38.3 Å². The second-order valence-electron chi connectivity index (χ2n) is 4.42. The molecule has 0 aromatic rings. The molecule has 1 fully saturated rings. The normalized spacial score (nSPS) is 18.3. The zero-order chi connectivity index (χ0) is 11.1. The molecule has 0 aliphatic heterocycles. The number of esters is 1. The number of hydrogen-bond acceptors (Lipinski definition) is 3. The van der Waals surface area contributed by atoms with Crippen molar-refractivity contribution in [1.29, 1.82) is 0 Å². The first-order valence-electron chi connectivity index (χ1n) is 6.06. The maximum Gasteiger partial charge on any atom is 0.309 e. The van der Waals surface area contributed by atoms with Crippen molar-refractivity contribution in [3.05, 3.63) is 0 Å². The average Bonchev–Trinajstić information content (AvgIpc) is 2.20. The summed E-state index contributed by atoms with van der Waals surface area (Å²) >= 11 is 0. The maximum atomic E-state index is 11.3. The second-order valence-corrected chi connectivity index (χ2v) is 4.42. The summed E-state index contributed by atoms with van der Waals surface area (Å²) in [7, 11) is 1.46. The average molecular weight is 213 g/mol. The highest BCUT2D eigenvalue weighted by molar-refractivity contribution is 5.72. The van der Waals surface area contributed by atoms with Gasteiger partial charge >= 0.3 is 5.97 Å². The van der Waals surface area contributed by atoms with Crippen LogP contribution in [0.15, 0.2) is 0 Å². The van der Waals surface area contributed by atoms with Gasteiger partial charge in [-0.3, -0.25) is 4.79 Å². The number of methoxy groups -OCH3 is 1. The Morgan fingerprint density at radius 2 is 2.27 bits per heavy atom. The molecule has 1 rings (SSSR count). The van der Waals surface area contributed by atoms with Crippen molar-refractivity contribution < 1.29 is 9.53 Å². The molecule has 0 spiro atoms. The van der Waals surface area contributed by atoms with E-state index < -0.39 is 0 Å². The molecule has 1 atom stereocenters. The van der Waals surface area contributed by atoms with E-state index in [0.717, 1.165) is 25.4 Å². The Labute approximate surface area is 92.6 Å². The monoisotopic (exact) mass is 213 g/mol. The molecule has 0 saturated heterocycles. The SMILES string of the molecule is CCC(CNCCC1CCC1)C(=O)OC. The highest BCUT2D eigenvalue weighted by Gasteiger charge is 2.18. The zero-order valence-electron chi connectivity index (χ0n) is 9.92. The van der Waals surface area contributed by atoms with Crippen LogP contribution in [0, 0.1) is 11.8 Å². The zero-order valence-corrected chi connectivity index (χ0v) is 9.92. The van der Waals surface area contributed by atoms with Gasteiger partial charge in [0.2, 0.25) is 0 Å². The Hall–Kier alpha value is -0.570. The Kier molecular flexibility index (Phi) is 5.69. The third-order valence-corrected chi connectivity index (χ3v) is 3.37. The lowest BCUT2D eigenvalue weighted by atomic mass is 9.83. The van der Waals surface area contributed by atoms with Gasteiger partial charge < -0.3 is 10.1 Å². The van der Waals surface area contributed by atoms with Crippen LogP contribution in [0.1, 0.15) is 39.0 Å². The molecular weight excluding hydrogens is 190 g/mol. The van der Waals surface area contributed by atoms with Crippen LogP contribution in [-0.2, 0) is 9.53 Å². The number of ether oxygens (including phenoxy) is 1. The molecule has 0 aromatic carbocycles. The van der Waals surface area contributed by atoms with Crippen LogP contribution in [0.5, 0.6) is 0 Å². The molecule has 0 radical (unpaired) electrons. The predicted octanol–water partition coefficient (Wildman–Crippen LogP) is 1.97. The van der Waals surface area contributed by atoms with Crippen LogP contribution in [0.2, 0.25) is 0 Å². The fraction of sp³-hybridized carbons (Fsp3) is 0.917. The van der Waals surface area contributed by atoms with E-state index in [1.807, 2.05) is 6.92 Å². The van der Waals surface area contributed by atoms with Gasteiger partial charge in [-0.25, -0.2) is 0 Å². The first-order chi connectivity index (χ1) is 7.27.